The molecule has 0 radical (unpaired) electrons. The van der Waals surface area contributed by atoms with Crippen LogP contribution in [0.2, 0.25) is 0 Å². The molecule has 0 spiro atoms. The second-order valence-electron chi connectivity index (χ2n) is 7.59. The minimum Gasteiger partial charge on any atom is -0.481 e. The van der Waals surface area contributed by atoms with E-state index >= 15 is 0 Å². The van der Waals surface area contributed by atoms with E-state index in [1.54, 1.807) is 11.8 Å². The molecule has 0 aliphatic heterocycles. The van der Waals surface area contributed by atoms with Crippen molar-refractivity contribution in [3.05, 3.63) is 59.7 Å². The molecular weight excluding hydrogens is 428 g/mol. The number of alkyl carbamates (subject to hydrolysis) is 1. The van der Waals surface area contributed by atoms with Gasteiger partial charge in [0.2, 0.25) is 5.91 Å². The number of benzene rings is 2. The van der Waals surface area contributed by atoms with Gasteiger partial charge in [0.25, 0.3) is 0 Å². The molecule has 170 valence electrons. The average Bonchev–Trinajstić information content (AvgIpc) is 3.11. The number of carboxylic acids is 1. The van der Waals surface area contributed by atoms with Gasteiger partial charge < -0.3 is 20.5 Å². The zero-order valence-corrected chi connectivity index (χ0v) is 18.8. The van der Waals surface area contributed by atoms with E-state index in [1.807, 2.05) is 42.7 Å². The number of carbonyl (C=O) groups is 3. The van der Waals surface area contributed by atoms with Crippen LogP contribution in [0.4, 0.5) is 4.79 Å². The Hall–Kier alpha value is -3.00. The molecule has 2 aromatic carbocycles. The van der Waals surface area contributed by atoms with Crippen molar-refractivity contribution in [2.24, 2.45) is 0 Å². The quantitative estimate of drug-likeness (QED) is 0.446. The zero-order valence-electron chi connectivity index (χ0n) is 18.0. The van der Waals surface area contributed by atoms with E-state index in [4.69, 9.17) is 9.84 Å². The van der Waals surface area contributed by atoms with Crippen molar-refractivity contribution < 1.29 is 24.2 Å². The summed E-state index contributed by atoms with van der Waals surface area (Å²) in [6, 6.07) is 15.5. The van der Waals surface area contributed by atoms with Gasteiger partial charge in [-0.15, -0.1) is 0 Å². The third-order valence-electron chi connectivity index (χ3n) is 5.43. The third-order valence-corrected chi connectivity index (χ3v) is 6.07. The van der Waals surface area contributed by atoms with Crippen LogP contribution in [0, 0.1) is 0 Å². The molecule has 0 unspecified atom stereocenters. The number of carbonyl (C=O) groups excluding carboxylic acids is 2. The molecule has 0 heterocycles. The normalized spacial score (nSPS) is 13.0. The van der Waals surface area contributed by atoms with Crippen molar-refractivity contribution >= 4 is 29.7 Å². The molecule has 0 saturated heterocycles. The summed E-state index contributed by atoms with van der Waals surface area (Å²) in [7, 11) is 0. The van der Waals surface area contributed by atoms with E-state index < -0.39 is 18.1 Å². The van der Waals surface area contributed by atoms with E-state index in [-0.39, 0.29) is 31.4 Å². The van der Waals surface area contributed by atoms with Gasteiger partial charge in [0, 0.05) is 18.9 Å². The first-order chi connectivity index (χ1) is 15.5. The maximum atomic E-state index is 12.5. The number of fused-ring (bicyclic) bond motifs is 3. The monoisotopic (exact) mass is 456 g/mol. The first-order valence-electron chi connectivity index (χ1n) is 10.6. The fraction of sp³-hybridized carbons (Fsp3) is 0.375. The van der Waals surface area contributed by atoms with E-state index in [0.717, 1.165) is 22.3 Å². The smallest absolute Gasteiger partial charge is 0.407 e. The van der Waals surface area contributed by atoms with Gasteiger partial charge in [-0.3, -0.25) is 9.59 Å². The highest BCUT2D eigenvalue weighted by atomic mass is 32.2. The maximum Gasteiger partial charge on any atom is 0.407 e. The predicted molar refractivity (Wildman–Crippen MR) is 125 cm³/mol. The number of ether oxygens (including phenoxy) is 1. The molecule has 3 N–H and O–H groups in total. The molecule has 1 atom stereocenters. The molecule has 1 aliphatic rings. The van der Waals surface area contributed by atoms with Crippen LogP contribution in [-0.4, -0.2) is 54.3 Å². The fourth-order valence-electron chi connectivity index (χ4n) is 3.86. The van der Waals surface area contributed by atoms with Crippen molar-refractivity contribution in [3.63, 3.8) is 0 Å². The van der Waals surface area contributed by atoms with E-state index in [2.05, 4.69) is 22.8 Å². The molecule has 0 aromatic heterocycles. The number of carboxylic acid groups (broad SMARTS) is 1. The van der Waals surface area contributed by atoms with Crippen LogP contribution in [0.5, 0.6) is 0 Å². The van der Waals surface area contributed by atoms with Crippen LogP contribution >= 0.6 is 11.8 Å². The summed E-state index contributed by atoms with van der Waals surface area (Å²) in [5.41, 5.74) is 4.54. The topological polar surface area (TPSA) is 105 Å². The lowest BCUT2D eigenvalue weighted by atomic mass is 9.98. The number of aliphatic carboxylic acids is 1. The second kappa shape index (κ2) is 11.6. The summed E-state index contributed by atoms with van der Waals surface area (Å²) in [6.45, 7) is 0.419. The Labute approximate surface area is 191 Å². The Morgan fingerprint density at radius 1 is 1.06 bits per heavy atom. The predicted octanol–water partition coefficient (Wildman–Crippen LogP) is 3.63. The lowest BCUT2D eigenvalue weighted by Gasteiger charge is -2.19. The van der Waals surface area contributed by atoms with E-state index in [1.165, 1.54) is 0 Å². The van der Waals surface area contributed by atoms with Gasteiger partial charge in [0.15, 0.2) is 0 Å². The second-order valence-corrected chi connectivity index (χ2v) is 8.58. The van der Waals surface area contributed by atoms with Gasteiger partial charge >= 0.3 is 12.1 Å². The summed E-state index contributed by atoms with van der Waals surface area (Å²) in [4.78, 5) is 35.6. The highest BCUT2D eigenvalue weighted by molar-refractivity contribution is 7.98. The van der Waals surface area contributed by atoms with Gasteiger partial charge in [-0.1, -0.05) is 48.5 Å². The molecule has 3 rings (SSSR count). The summed E-state index contributed by atoms with van der Waals surface area (Å²) in [5.74, 6) is -0.604. The minimum absolute atomic E-state index is 0.0183. The SMILES string of the molecule is CSCC[C@@H](NC(=O)OCC1c2ccccc2-c2ccccc21)C(=O)NCCCC(=O)O. The summed E-state index contributed by atoms with van der Waals surface area (Å²) in [6.07, 6.45) is 2.06. The molecule has 2 aromatic rings. The number of rotatable bonds is 11. The van der Waals surface area contributed by atoms with Crippen LogP contribution in [-0.2, 0) is 14.3 Å². The highest BCUT2D eigenvalue weighted by Gasteiger charge is 2.29. The molecule has 2 amide bonds. The van der Waals surface area contributed by atoms with Gasteiger partial charge in [-0.25, -0.2) is 4.79 Å². The van der Waals surface area contributed by atoms with E-state index in [0.29, 0.717) is 18.6 Å². The van der Waals surface area contributed by atoms with Gasteiger partial charge in [0.1, 0.15) is 12.6 Å². The van der Waals surface area contributed by atoms with Crippen molar-refractivity contribution in [2.45, 2.75) is 31.2 Å². The largest absolute Gasteiger partial charge is 0.481 e. The first kappa shape index (κ1) is 23.7. The summed E-state index contributed by atoms with van der Waals surface area (Å²) >= 11 is 1.58. The summed E-state index contributed by atoms with van der Waals surface area (Å²) in [5, 5.41) is 14.1. The van der Waals surface area contributed by atoms with Crippen LogP contribution < -0.4 is 10.6 Å². The average molecular weight is 457 g/mol. The molecule has 7 nitrogen and oxygen atoms in total. The number of nitrogens with one attached hydrogen (secondary N) is 2. The lowest BCUT2D eigenvalue weighted by molar-refractivity contribution is -0.137. The standard InChI is InChI=1S/C24H28N2O5S/c1-32-14-12-21(23(29)25-13-6-11-22(27)28)26-24(30)31-15-20-18-9-4-2-7-16(18)17-8-3-5-10-19(17)20/h2-5,7-10,20-21H,6,11-15H2,1H3,(H,25,29)(H,26,30)(H,27,28)/t21-/m1/s1. The van der Waals surface area contributed by atoms with Crippen molar-refractivity contribution in [1.82, 2.24) is 10.6 Å². The third kappa shape index (κ3) is 6.03. The van der Waals surface area contributed by atoms with Crippen LogP contribution in [0.1, 0.15) is 36.3 Å². The number of amides is 2. The van der Waals surface area contributed by atoms with E-state index in [9.17, 15) is 14.4 Å². The molecule has 32 heavy (non-hydrogen) atoms. The highest BCUT2D eigenvalue weighted by Crippen LogP contribution is 2.44. The minimum atomic E-state index is -0.907. The first-order valence-corrected chi connectivity index (χ1v) is 12.0. The van der Waals surface area contributed by atoms with Gasteiger partial charge in [-0.05, 0) is 47.1 Å². The molecule has 0 saturated carbocycles. The number of thioether (sulfide) groups is 1. The van der Waals surface area contributed by atoms with Crippen LogP contribution in [0.3, 0.4) is 0 Å². The summed E-state index contributed by atoms with van der Waals surface area (Å²) < 4.78 is 5.54. The van der Waals surface area contributed by atoms with Crippen LogP contribution in [0.15, 0.2) is 48.5 Å². The van der Waals surface area contributed by atoms with Gasteiger partial charge in [-0.2, -0.15) is 11.8 Å². The van der Waals surface area contributed by atoms with Crippen molar-refractivity contribution in [3.8, 4) is 11.1 Å². The Kier molecular flexibility index (Phi) is 8.56. The van der Waals surface area contributed by atoms with Crippen molar-refractivity contribution in [2.75, 3.05) is 25.2 Å². The van der Waals surface area contributed by atoms with Gasteiger partial charge in [0.05, 0.1) is 0 Å². The Morgan fingerprint density at radius 2 is 1.69 bits per heavy atom. The Morgan fingerprint density at radius 3 is 2.28 bits per heavy atom. The molecule has 0 bridgehead atoms. The fourth-order valence-corrected chi connectivity index (χ4v) is 4.33. The molecule has 8 heteroatoms. The number of hydrogen-bond donors (Lipinski definition) is 3. The molecular formula is C24H28N2O5S. The lowest BCUT2D eigenvalue weighted by Crippen LogP contribution is -2.47. The van der Waals surface area contributed by atoms with Crippen molar-refractivity contribution in [1.29, 1.82) is 0 Å². The number of hydrogen-bond acceptors (Lipinski definition) is 5. The maximum absolute atomic E-state index is 12.5. The Balaban J connectivity index is 1.58. The Bertz CT molecular complexity index is 919. The molecule has 0 fully saturated rings. The molecule has 1 aliphatic carbocycles. The van der Waals surface area contributed by atoms with Crippen LogP contribution in [0.25, 0.3) is 11.1 Å². The zero-order chi connectivity index (χ0) is 22.9.